The molecule has 110 valence electrons. The number of piperidine rings is 1. The number of carbonyl (C=O) groups excluding carboxylic acids is 1. The van der Waals surface area contributed by atoms with E-state index in [1.807, 2.05) is 6.92 Å². The second kappa shape index (κ2) is 7.25. The summed E-state index contributed by atoms with van der Waals surface area (Å²) in [6.45, 7) is 4.09. The lowest BCUT2D eigenvalue weighted by atomic mass is 9.94. The Balaban J connectivity index is 1.93. The normalized spacial score (nSPS) is 33.7. The predicted octanol–water partition coefficient (Wildman–Crippen LogP) is 1.96. The summed E-state index contributed by atoms with van der Waals surface area (Å²) in [5, 5.41) is 10.3. The van der Waals surface area contributed by atoms with Crippen LogP contribution >= 0.6 is 0 Å². The number of esters is 1. The predicted molar refractivity (Wildman–Crippen MR) is 73.8 cm³/mol. The number of rotatable bonds is 3. The zero-order chi connectivity index (χ0) is 13.7. The van der Waals surface area contributed by atoms with Gasteiger partial charge in [0.2, 0.25) is 0 Å². The molecule has 0 aromatic carbocycles. The van der Waals surface area contributed by atoms with Gasteiger partial charge in [-0.3, -0.25) is 9.69 Å². The van der Waals surface area contributed by atoms with Crippen LogP contribution in [0, 0.1) is 5.92 Å². The Morgan fingerprint density at radius 1 is 1.21 bits per heavy atom. The maximum atomic E-state index is 11.9. The summed E-state index contributed by atoms with van der Waals surface area (Å²) in [7, 11) is 0. The van der Waals surface area contributed by atoms with Crippen molar-refractivity contribution >= 4 is 5.97 Å². The Bertz CT molecular complexity index is 295. The van der Waals surface area contributed by atoms with Gasteiger partial charge >= 0.3 is 5.97 Å². The highest BCUT2D eigenvalue weighted by atomic mass is 16.5. The topological polar surface area (TPSA) is 49.8 Å². The maximum Gasteiger partial charge on any atom is 0.310 e. The van der Waals surface area contributed by atoms with Gasteiger partial charge in [0.25, 0.3) is 0 Å². The minimum Gasteiger partial charge on any atom is -0.466 e. The molecule has 1 N–H and O–H groups in total. The van der Waals surface area contributed by atoms with E-state index in [0.717, 1.165) is 45.2 Å². The minimum atomic E-state index is -0.219. The molecule has 2 aliphatic rings. The summed E-state index contributed by atoms with van der Waals surface area (Å²) in [6.07, 6.45) is 7.27. The summed E-state index contributed by atoms with van der Waals surface area (Å²) in [5.41, 5.74) is 0. The highest BCUT2D eigenvalue weighted by molar-refractivity contribution is 5.72. The lowest BCUT2D eigenvalue weighted by molar-refractivity contribution is -0.150. The largest absolute Gasteiger partial charge is 0.466 e. The summed E-state index contributed by atoms with van der Waals surface area (Å²) < 4.78 is 5.14. The molecule has 0 radical (unpaired) electrons. The number of carbonyl (C=O) groups is 1. The van der Waals surface area contributed by atoms with Crippen LogP contribution in [-0.2, 0) is 9.53 Å². The Hall–Kier alpha value is -0.610. The van der Waals surface area contributed by atoms with E-state index >= 15 is 0 Å². The third-order valence-corrected chi connectivity index (χ3v) is 4.49. The molecule has 1 heterocycles. The van der Waals surface area contributed by atoms with Crippen molar-refractivity contribution in [1.29, 1.82) is 0 Å². The maximum absolute atomic E-state index is 11.9. The molecule has 4 heteroatoms. The van der Waals surface area contributed by atoms with Crippen LogP contribution in [0.2, 0.25) is 0 Å². The van der Waals surface area contributed by atoms with E-state index in [0.29, 0.717) is 6.61 Å². The smallest absolute Gasteiger partial charge is 0.310 e. The lowest BCUT2D eigenvalue weighted by Gasteiger charge is -2.39. The zero-order valence-corrected chi connectivity index (χ0v) is 12.0. The van der Waals surface area contributed by atoms with Crippen molar-refractivity contribution in [1.82, 2.24) is 4.90 Å². The molecule has 3 atom stereocenters. The van der Waals surface area contributed by atoms with Crippen molar-refractivity contribution in [3.05, 3.63) is 0 Å². The zero-order valence-electron chi connectivity index (χ0n) is 12.0. The van der Waals surface area contributed by atoms with Gasteiger partial charge in [-0.05, 0) is 39.2 Å². The van der Waals surface area contributed by atoms with Gasteiger partial charge in [-0.1, -0.05) is 19.3 Å². The average Bonchev–Trinajstić information content (AvgIpc) is 2.64. The van der Waals surface area contributed by atoms with Crippen LogP contribution in [0.1, 0.15) is 51.9 Å². The van der Waals surface area contributed by atoms with Crippen LogP contribution in [0.5, 0.6) is 0 Å². The quantitative estimate of drug-likeness (QED) is 0.628. The van der Waals surface area contributed by atoms with E-state index in [-0.39, 0.29) is 24.0 Å². The van der Waals surface area contributed by atoms with Gasteiger partial charge in [-0.2, -0.15) is 0 Å². The highest BCUT2D eigenvalue weighted by Crippen LogP contribution is 2.27. The van der Waals surface area contributed by atoms with Gasteiger partial charge in [0.15, 0.2) is 0 Å². The number of aliphatic hydroxyl groups excluding tert-OH is 1. The van der Waals surface area contributed by atoms with E-state index < -0.39 is 0 Å². The number of nitrogens with zero attached hydrogens (tertiary/aromatic N) is 1. The molecule has 0 aromatic rings. The van der Waals surface area contributed by atoms with Crippen molar-refractivity contribution in [2.24, 2.45) is 5.92 Å². The monoisotopic (exact) mass is 269 g/mol. The van der Waals surface area contributed by atoms with Crippen LogP contribution in [0.15, 0.2) is 0 Å². The van der Waals surface area contributed by atoms with Crippen molar-refractivity contribution in [3.63, 3.8) is 0 Å². The fourth-order valence-electron chi connectivity index (χ4n) is 3.45. The number of likely N-dealkylation sites (tertiary alicyclic amines) is 1. The summed E-state index contributed by atoms with van der Waals surface area (Å²) >= 11 is 0. The average molecular weight is 269 g/mol. The fourth-order valence-corrected chi connectivity index (χ4v) is 3.45. The first-order chi connectivity index (χ1) is 9.22. The molecule has 2 rings (SSSR count). The van der Waals surface area contributed by atoms with Crippen molar-refractivity contribution in [2.75, 3.05) is 19.7 Å². The summed E-state index contributed by atoms with van der Waals surface area (Å²) in [6, 6.07) is 0.250. The van der Waals surface area contributed by atoms with Gasteiger partial charge in [0.05, 0.1) is 18.6 Å². The molecular weight excluding hydrogens is 242 g/mol. The van der Waals surface area contributed by atoms with Crippen LogP contribution in [-0.4, -0.2) is 47.8 Å². The summed E-state index contributed by atoms with van der Waals surface area (Å²) in [4.78, 5) is 14.2. The van der Waals surface area contributed by atoms with E-state index in [2.05, 4.69) is 4.90 Å². The Morgan fingerprint density at radius 3 is 2.79 bits per heavy atom. The number of ether oxygens (including phenoxy) is 1. The van der Waals surface area contributed by atoms with Crippen molar-refractivity contribution in [2.45, 2.75) is 64.0 Å². The number of hydrogen-bond acceptors (Lipinski definition) is 4. The van der Waals surface area contributed by atoms with E-state index in [4.69, 9.17) is 4.74 Å². The SMILES string of the molecule is CCOC(=O)[C@@H]1CCCN(C2CCCCCC2O)C1. The van der Waals surface area contributed by atoms with Crippen LogP contribution in [0.25, 0.3) is 0 Å². The van der Waals surface area contributed by atoms with Crippen molar-refractivity contribution < 1.29 is 14.6 Å². The highest BCUT2D eigenvalue weighted by Gasteiger charge is 2.33. The first-order valence-corrected chi connectivity index (χ1v) is 7.81. The third kappa shape index (κ3) is 3.93. The Labute approximate surface area is 116 Å². The van der Waals surface area contributed by atoms with Gasteiger partial charge in [-0.15, -0.1) is 0 Å². The summed E-state index contributed by atoms with van der Waals surface area (Å²) in [5.74, 6) is -0.0561. The second-order valence-corrected chi connectivity index (χ2v) is 5.86. The second-order valence-electron chi connectivity index (χ2n) is 5.86. The molecule has 1 aliphatic carbocycles. The molecule has 2 unspecified atom stereocenters. The minimum absolute atomic E-state index is 0.00385. The van der Waals surface area contributed by atoms with Crippen LogP contribution < -0.4 is 0 Å². The third-order valence-electron chi connectivity index (χ3n) is 4.49. The molecule has 0 amide bonds. The molecule has 2 fully saturated rings. The van der Waals surface area contributed by atoms with E-state index in [1.54, 1.807) is 0 Å². The molecule has 0 spiro atoms. The molecule has 19 heavy (non-hydrogen) atoms. The van der Waals surface area contributed by atoms with Gasteiger partial charge in [0, 0.05) is 12.6 Å². The van der Waals surface area contributed by atoms with E-state index in [9.17, 15) is 9.90 Å². The van der Waals surface area contributed by atoms with Crippen molar-refractivity contribution in [3.8, 4) is 0 Å². The molecule has 1 aliphatic heterocycles. The van der Waals surface area contributed by atoms with Gasteiger partial charge < -0.3 is 9.84 Å². The number of hydrogen-bond donors (Lipinski definition) is 1. The Kier molecular flexibility index (Phi) is 5.64. The standard InChI is InChI=1S/C15H27NO3/c1-2-19-15(18)12-7-6-10-16(11-12)13-8-4-3-5-9-14(13)17/h12-14,17H,2-11H2,1H3/t12-,13?,14?/m1/s1. The lowest BCUT2D eigenvalue weighted by Crippen LogP contribution is -2.49. The molecule has 0 bridgehead atoms. The molecule has 1 saturated carbocycles. The Morgan fingerprint density at radius 2 is 2.00 bits per heavy atom. The molecule has 1 saturated heterocycles. The fraction of sp³-hybridized carbons (Fsp3) is 0.933. The molecule has 0 aromatic heterocycles. The number of aliphatic hydroxyl groups is 1. The first kappa shape index (κ1) is 14.8. The van der Waals surface area contributed by atoms with Crippen LogP contribution in [0.3, 0.4) is 0 Å². The first-order valence-electron chi connectivity index (χ1n) is 7.81. The van der Waals surface area contributed by atoms with Crippen LogP contribution in [0.4, 0.5) is 0 Å². The van der Waals surface area contributed by atoms with Gasteiger partial charge in [-0.25, -0.2) is 0 Å². The van der Waals surface area contributed by atoms with Gasteiger partial charge in [0.1, 0.15) is 0 Å². The molecule has 4 nitrogen and oxygen atoms in total. The van der Waals surface area contributed by atoms with E-state index in [1.165, 1.54) is 12.8 Å². The molecular formula is C15H27NO3.